The lowest BCUT2D eigenvalue weighted by atomic mass is 10.0. The molecule has 23 heavy (non-hydrogen) atoms. The topological polar surface area (TPSA) is 25.5 Å². The molecule has 0 saturated carbocycles. The summed E-state index contributed by atoms with van der Waals surface area (Å²) < 4.78 is 18.9. The molecule has 0 aliphatic rings. The van der Waals surface area contributed by atoms with Crippen LogP contribution in [0.5, 0.6) is 0 Å². The number of rotatable bonds is 4. The van der Waals surface area contributed by atoms with Gasteiger partial charge in [-0.3, -0.25) is 4.99 Å². The third-order valence-corrected chi connectivity index (χ3v) is 3.64. The lowest BCUT2D eigenvalue weighted by molar-refractivity contribution is 0.573. The van der Waals surface area contributed by atoms with Gasteiger partial charge in [0.1, 0.15) is 17.3 Å². The molecule has 0 atom stereocenters. The summed E-state index contributed by atoms with van der Waals surface area (Å²) in [5, 5.41) is 0. The van der Waals surface area contributed by atoms with E-state index in [9.17, 15) is 4.39 Å². The summed E-state index contributed by atoms with van der Waals surface area (Å²) in [5.41, 5.74) is 2.87. The molecule has 0 N–H and O–H groups in total. The minimum Gasteiger partial charge on any atom is -0.455 e. The number of benzene rings is 2. The van der Waals surface area contributed by atoms with Crippen LogP contribution in [0.3, 0.4) is 0 Å². The molecule has 2 aromatic carbocycles. The Morgan fingerprint density at radius 1 is 1.00 bits per heavy atom. The Kier molecular flexibility index (Phi) is 4.38. The maximum absolute atomic E-state index is 13.3. The molecular formula is C20H18FNO. The minimum absolute atomic E-state index is 0.278. The quantitative estimate of drug-likeness (QED) is 0.546. The highest BCUT2D eigenvalue weighted by molar-refractivity contribution is 5.79. The van der Waals surface area contributed by atoms with Crippen molar-refractivity contribution in [3.05, 3.63) is 77.8 Å². The normalized spacial score (nSPS) is 11.5. The molecule has 1 aromatic heterocycles. The molecule has 0 spiro atoms. The maximum Gasteiger partial charge on any atom is 0.145 e. The monoisotopic (exact) mass is 307 g/mol. The van der Waals surface area contributed by atoms with Crippen LogP contribution in [0, 0.1) is 5.82 Å². The van der Waals surface area contributed by atoms with Crippen LogP contribution < -0.4 is 0 Å². The van der Waals surface area contributed by atoms with Crippen molar-refractivity contribution in [1.29, 1.82) is 0 Å². The lowest BCUT2D eigenvalue weighted by Crippen LogP contribution is -1.84. The number of hydrogen-bond donors (Lipinski definition) is 0. The second-order valence-corrected chi connectivity index (χ2v) is 5.72. The molecule has 0 amide bonds. The number of furan rings is 1. The fourth-order valence-corrected chi connectivity index (χ4v) is 2.30. The van der Waals surface area contributed by atoms with Gasteiger partial charge in [-0.15, -0.1) is 0 Å². The molecule has 116 valence electrons. The van der Waals surface area contributed by atoms with Crippen molar-refractivity contribution in [1.82, 2.24) is 0 Å². The molecule has 0 radical (unpaired) electrons. The number of nitrogens with zero attached hydrogens (tertiary/aromatic N) is 1. The van der Waals surface area contributed by atoms with E-state index in [1.165, 1.54) is 17.7 Å². The first-order valence-electron chi connectivity index (χ1n) is 7.61. The van der Waals surface area contributed by atoms with Crippen molar-refractivity contribution in [3.8, 4) is 11.3 Å². The summed E-state index contributed by atoms with van der Waals surface area (Å²) in [5.74, 6) is 1.49. The lowest BCUT2D eigenvalue weighted by Gasteiger charge is -2.04. The highest BCUT2D eigenvalue weighted by atomic mass is 19.1. The van der Waals surface area contributed by atoms with Crippen molar-refractivity contribution in [2.45, 2.75) is 19.8 Å². The molecule has 0 saturated heterocycles. The average Bonchev–Trinajstić information content (AvgIpc) is 3.02. The summed E-state index contributed by atoms with van der Waals surface area (Å²) in [6.07, 6.45) is 1.67. The predicted molar refractivity (Wildman–Crippen MR) is 91.9 cm³/mol. The first-order valence-corrected chi connectivity index (χ1v) is 7.61. The predicted octanol–water partition coefficient (Wildman–Crippen LogP) is 5.96. The largest absolute Gasteiger partial charge is 0.455 e. The first-order chi connectivity index (χ1) is 11.1. The highest BCUT2D eigenvalue weighted by Crippen LogP contribution is 2.23. The van der Waals surface area contributed by atoms with E-state index >= 15 is 0 Å². The van der Waals surface area contributed by atoms with E-state index in [1.807, 2.05) is 30.3 Å². The van der Waals surface area contributed by atoms with Gasteiger partial charge in [0.15, 0.2) is 0 Å². The third kappa shape index (κ3) is 3.75. The molecule has 0 aliphatic carbocycles. The number of aliphatic imine (C=N–C) groups is 1. The molecule has 3 rings (SSSR count). The highest BCUT2D eigenvalue weighted by Gasteiger charge is 2.04. The fourth-order valence-electron chi connectivity index (χ4n) is 2.30. The van der Waals surface area contributed by atoms with Crippen LogP contribution in [0.1, 0.15) is 31.1 Å². The van der Waals surface area contributed by atoms with Gasteiger partial charge in [-0.25, -0.2) is 4.39 Å². The molecule has 0 fully saturated rings. The Morgan fingerprint density at radius 3 is 2.48 bits per heavy atom. The van der Waals surface area contributed by atoms with Crippen molar-refractivity contribution < 1.29 is 8.81 Å². The van der Waals surface area contributed by atoms with Crippen LogP contribution >= 0.6 is 0 Å². The van der Waals surface area contributed by atoms with Gasteiger partial charge in [-0.1, -0.05) is 38.1 Å². The number of hydrogen-bond acceptors (Lipinski definition) is 2. The number of halogens is 1. The van der Waals surface area contributed by atoms with Crippen LogP contribution in [0.2, 0.25) is 0 Å². The summed E-state index contributed by atoms with van der Waals surface area (Å²) in [6.45, 7) is 4.32. The third-order valence-electron chi connectivity index (χ3n) is 3.64. The van der Waals surface area contributed by atoms with Gasteiger partial charge in [0.2, 0.25) is 0 Å². The van der Waals surface area contributed by atoms with E-state index in [0.29, 0.717) is 23.0 Å². The summed E-state index contributed by atoms with van der Waals surface area (Å²) >= 11 is 0. The summed E-state index contributed by atoms with van der Waals surface area (Å²) in [4.78, 5) is 4.41. The van der Waals surface area contributed by atoms with E-state index in [4.69, 9.17) is 4.42 Å². The summed E-state index contributed by atoms with van der Waals surface area (Å²) in [6, 6.07) is 18.1. The van der Waals surface area contributed by atoms with E-state index in [0.717, 1.165) is 5.69 Å². The Hall–Kier alpha value is -2.68. The van der Waals surface area contributed by atoms with Crippen molar-refractivity contribution >= 4 is 11.9 Å². The van der Waals surface area contributed by atoms with Crippen LogP contribution in [0.15, 0.2) is 70.1 Å². The van der Waals surface area contributed by atoms with E-state index in [1.54, 1.807) is 12.3 Å². The van der Waals surface area contributed by atoms with E-state index in [-0.39, 0.29) is 5.82 Å². The molecule has 2 nitrogen and oxygen atoms in total. The molecule has 1 heterocycles. The van der Waals surface area contributed by atoms with Crippen LogP contribution in [0.4, 0.5) is 10.1 Å². The molecule has 3 heteroatoms. The molecule has 3 aromatic rings. The Bertz CT molecular complexity index is 816. The Labute approximate surface area is 135 Å². The second kappa shape index (κ2) is 6.61. The van der Waals surface area contributed by atoms with Gasteiger partial charge in [0.05, 0.1) is 11.9 Å². The molecule has 0 unspecified atom stereocenters. The van der Waals surface area contributed by atoms with Crippen molar-refractivity contribution in [2.24, 2.45) is 4.99 Å². The van der Waals surface area contributed by atoms with Gasteiger partial charge >= 0.3 is 0 Å². The van der Waals surface area contributed by atoms with Crippen LogP contribution in [0.25, 0.3) is 11.3 Å². The van der Waals surface area contributed by atoms with Gasteiger partial charge in [0, 0.05) is 5.56 Å². The van der Waals surface area contributed by atoms with Crippen molar-refractivity contribution in [2.75, 3.05) is 0 Å². The molecular weight excluding hydrogens is 289 g/mol. The molecule has 0 bridgehead atoms. The molecule has 0 aliphatic heterocycles. The SMILES string of the molecule is CC(C)c1ccc(N=Cc2ccc(-c3cccc(F)c3)o2)cc1. The van der Waals surface area contributed by atoms with Gasteiger partial charge < -0.3 is 4.42 Å². The second-order valence-electron chi connectivity index (χ2n) is 5.72. The van der Waals surface area contributed by atoms with Crippen LogP contribution in [-0.2, 0) is 0 Å². The zero-order valence-corrected chi connectivity index (χ0v) is 13.2. The van der Waals surface area contributed by atoms with E-state index in [2.05, 4.69) is 31.0 Å². The van der Waals surface area contributed by atoms with Gasteiger partial charge in [0.25, 0.3) is 0 Å². The zero-order valence-electron chi connectivity index (χ0n) is 13.2. The van der Waals surface area contributed by atoms with Gasteiger partial charge in [-0.05, 0) is 47.9 Å². The smallest absolute Gasteiger partial charge is 0.145 e. The average molecular weight is 307 g/mol. The first kappa shape index (κ1) is 15.2. The minimum atomic E-state index is -0.278. The van der Waals surface area contributed by atoms with Crippen molar-refractivity contribution in [3.63, 3.8) is 0 Å². The van der Waals surface area contributed by atoms with Crippen LogP contribution in [-0.4, -0.2) is 6.21 Å². The fraction of sp³-hybridized carbons (Fsp3) is 0.150. The maximum atomic E-state index is 13.3. The Balaban J connectivity index is 1.76. The van der Waals surface area contributed by atoms with Gasteiger partial charge in [-0.2, -0.15) is 0 Å². The zero-order chi connectivity index (χ0) is 16.2. The standard InChI is InChI=1S/C20H18FNO/c1-14(2)15-6-8-18(9-7-15)22-13-19-10-11-20(23-19)16-4-3-5-17(21)12-16/h3-14H,1-2H3. The summed E-state index contributed by atoms with van der Waals surface area (Å²) in [7, 11) is 0. The van der Waals surface area contributed by atoms with E-state index < -0.39 is 0 Å². The Morgan fingerprint density at radius 2 is 1.78 bits per heavy atom.